The highest BCUT2D eigenvalue weighted by atomic mass is 16.6. The summed E-state index contributed by atoms with van der Waals surface area (Å²) in [4.78, 5) is 39.5. The van der Waals surface area contributed by atoms with Crippen LogP contribution in [0.25, 0.3) is 11.1 Å². The molecule has 29 heavy (non-hydrogen) atoms. The molecular formula is C20H23N3O6. The van der Waals surface area contributed by atoms with Gasteiger partial charge in [0.25, 0.3) is 5.69 Å². The van der Waals surface area contributed by atoms with E-state index in [-0.39, 0.29) is 23.7 Å². The van der Waals surface area contributed by atoms with Gasteiger partial charge in [0.15, 0.2) is 0 Å². The van der Waals surface area contributed by atoms with Gasteiger partial charge in [-0.05, 0) is 46.2 Å². The molecule has 0 aliphatic carbocycles. The van der Waals surface area contributed by atoms with Crippen LogP contribution in [0.4, 0.5) is 16.3 Å². The van der Waals surface area contributed by atoms with Crippen LogP contribution in [0.5, 0.6) is 0 Å². The number of hydrogen-bond donors (Lipinski definition) is 1. The van der Waals surface area contributed by atoms with Gasteiger partial charge in [-0.25, -0.2) is 14.6 Å². The molecule has 154 valence electrons. The molecule has 0 aliphatic heterocycles. The van der Waals surface area contributed by atoms with Crippen LogP contribution in [0.3, 0.4) is 0 Å². The number of aromatic nitrogens is 1. The Labute approximate surface area is 168 Å². The topological polar surface area (TPSA) is 121 Å². The molecule has 0 atom stereocenters. The number of amides is 1. The summed E-state index contributed by atoms with van der Waals surface area (Å²) in [7, 11) is 0. The summed E-state index contributed by atoms with van der Waals surface area (Å²) in [6.07, 6.45) is -0.710. The van der Waals surface area contributed by atoms with E-state index in [9.17, 15) is 19.7 Å². The lowest BCUT2D eigenvalue weighted by Crippen LogP contribution is -2.27. The van der Waals surface area contributed by atoms with E-state index in [1.165, 1.54) is 24.3 Å². The van der Waals surface area contributed by atoms with Gasteiger partial charge in [-0.2, -0.15) is 0 Å². The second kappa shape index (κ2) is 8.68. The second-order valence-electron chi connectivity index (χ2n) is 7.17. The van der Waals surface area contributed by atoms with E-state index in [4.69, 9.17) is 9.47 Å². The molecule has 1 N–H and O–H groups in total. The molecule has 9 heteroatoms. The van der Waals surface area contributed by atoms with Crippen LogP contribution in [0.2, 0.25) is 0 Å². The summed E-state index contributed by atoms with van der Waals surface area (Å²) in [5, 5.41) is 13.7. The lowest BCUT2D eigenvalue weighted by atomic mass is 9.98. The van der Waals surface area contributed by atoms with E-state index in [0.29, 0.717) is 16.8 Å². The summed E-state index contributed by atoms with van der Waals surface area (Å²) in [6, 6.07) is 7.29. The number of nitro groups is 1. The first-order chi connectivity index (χ1) is 13.5. The third-order valence-corrected chi connectivity index (χ3v) is 3.68. The van der Waals surface area contributed by atoms with Gasteiger partial charge in [-0.3, -0.25) is 15.4 Å². The van der Waals surface area contributed by atoms with Crippen molar-refractivity contribution in [2.24, 2.45) is 0 Å². The first kappa shape index (κ1) is 21.8. The van der Waals surface area contributed by atoms with Crippen LogP contribution < -0.4 is 5.32 Å². The molecule has 0 spiro atoms. The number of pyridine rings is 1. The Balaban J connectivity index is 2.57. The minimum absolute atomic E-state index is 0.131. The first-order valence-corrected chi connectivity index (χ1v) is 8.95. The van der Waals surface area contributed by atoms with Crippen molar-refractivity contribution in [2.75, 3.05) is 11.9 Å². The molecule has 0 aliphatic rings. The zero-order chi connectivity index (χ0) is 21.8. The number of rotatable bonds is 5. The fourth-order valence-corrected chi connectivity index (χ4v) is 2.62. The van der Waals surface area contributed by atoms with Crippen molar-refractivity contribution in [1.82, 2.24) is 4.98 Å². The van der Waals surface area contributed by atoms with E-state index < -0.39 is 22.6 Å². The monoisotopic (exact) mass is 401 g/mol. The van der Waals surface area contributed by atoms with Crippen LogP contribution in [0.15, 0.2) is 30.3 Å². The zero-order valence-corrected chi connectivity index (χ0v) is 16.9. The van der Waals surface area contributed by atoms with Crippen LogP contribution in [-0.2, 0) is 9.47 Å². The van der Waals surface area contributed by atoms with Gasteiger partial charge in [0.1, 0.15) is 11.4 Å². The van der Waals surface area contributed by atoms with Crippen molar-refractivity contribution >= 4 is 23.6 Å². The van der Waals surface area contributed by atoms with Crippen LogP contribution in [0, 0.1) is 17.0 Å². The fourth-order valence-electron chi connectivity index (χ4n) is 2.62. The Kier molecular flexibility index (Phi) is 6.53. The fraction of sp³-hybridized carbons (Fsp3) is 0.350. The maximum atomic E-state index is 12.5. The van der Waals surface area contributed by atoms with Crippen molar-refractivity contribution in [3.8, 4) is 11.1 Å². The number of non-ortho nitro benzene ring substituents is 1. The molecule has 1 aromatic carbocycles. The normalized spacial score (nSPS) is 10.9. The predicted molar refractivity (Wildman–Crippen MR) is 107 cm³/mol. The number of nitrogens with zero attached hydrogens (tertiary/aromatic N) is 2. The molecule has 0 radical (unpaired) electrons. The SMILES string of the molecule is CCOC(=O)c1c(-c2cccc([N+](=O)[O-])c2)cc(NC(=O)OC(C)(C)C)nc1C. The summed E-state index contributed by atoms with van der Waals surface area (Å²) in [6.45, 7) is 8.60. The number of hydrogen-bond acceptors (Lipinski definition) is 7. The van der Waals surface area contributed by atoms with Crippen molar-refractivity contribution in [2.45, 2.75) is 40.2 Å². The summed E-state index contributed by atoms with van der Waals surface area (Å²) >= 11 is 0. The number of esters is 1. The maximum Gasteiger partial charge on any atom is 0.413 e. The Hall–Kier alpha value is -3.49. The molecule has 1 amide bonds. The zero-order valence-electron chi connectivity index (χ0n) is 16.9. The average molecular weight is 401 g/mol. The highest BCUT2D eigenvalue weighted by Crippen LogP contribution is 2.31. The van der Waals surface area contributed by atoms with Gasteiger partial charge in [-0.15, -0.1) is 0 Å². The highest BCUT2D eigenvalue weighted by Gasteiger charge is 2.22. The molecule has 0 saturated heterocycles. The summed E-state index contributed by atoms with van der Waals surface area (Å²) < 4.78 is 10.3. The van der Waals surface area contributed by atoms with Gasteiger partial charge in [-0.1, -0.05) is 12.1 Å². The first-order valence-electron chi connectivity index (χ1n) is 8.95. The standard InChI is InChI=1S/C20H23N3O6/c1-6-28-18(24)17-12(2)21-16(22-19(25)29-20(3,4)5)11-15(17)13-8-7-9-14(10-13)23(26)27/h7-11H,6H2,1-5H3,(H,21,22,25). The Morgan fingerprint density at radius 3 is 2.52 bits per heavy atom. The van der Waals surface area contributed by atoms with Crippen LogP contribution in [0.1, 0.15) is 43.7 Å². The summed E-state index contributed by atoms with van der Waals surface area (Å²) in [5.41, 5.74) is 0.409. The molecule has 0 saturated carbocycles. The van der Waals surface area contributed by atoms with Gasteiger partial charge in [0, 0.05) is 17.7 Å². The minimum atomic E-state index is -0.710. The van der Waals surface area contributed by atoms with Crippen LogP contribution in [-0.4, -0.2) is 34.2 Å². The molecule has 1 heterocycles. The molecule has 9 nitrogen and oxygen atoms in total. The number of ether oxygens (including phenoxy) is 2. The number of carbonyl (C=O) groups is 2. The van der Waals surface area contributed by atoms with E-state index in [1.54, 1.807) is 40.7 Å². The Morgan fingerprint density at radius 1 is 1.24 bits per heavy atom. The van der Waals surface area contributed by atoms with E-state index in [1.807, 2.05) is 0 Å². The van der Waals surface area contributed by atoms with Crippen LogP contribution >= 0.6 is 0 Å². The van der Waals surface area contributed by atoms with Crippen molar-refractivity contribution < 1.29 is 24.0 Å². The third-order valence-electron chi connectivity index (χ3n) is 3.68. The smallest absolute Gasteiger partial charge is 0.413 e. The molecule has 0 bridgehead atoms. The largest absolute Gasteiger partial charge is 0.462 e. The number of carbonyl (C=O) groups excluding carboxylic acids is 2. The summed E-state index contributed by atoms with van der Waals surface area (Å²) in [5.74, 6) is -0.464. The van der Waals surface area contributed by atoms with Gasteiger partial charge in [0.05, 0.1) is 22.8 Å². The third kappa shape index (κ3) is 5.74. The average Bonchev–Trinajstić information content (AvgIpc) is 2.59. The number of aryl methyl sites for hydroxylation is 1. The Bertz CT molecular complexity index is 950. The van der Waals surface area contributed by atoms with Gasteiger partial charge < -0.3 is 9.47 Å². The second-order valence-corrected chi connectivity index (χ2v) is 7.17. The molecule has 2 rings (SSSR count). The quantitative estimate of drug-likeness (QED) is 0.445. The lowest BCUT2D eigenvalue weighted by molar-refractivity contribution is -0.384. The molecule has 1 aromatic heterocycles. The number of nitrogens with one attached hydrogen (secondary N) is 1. The Morgan fingerprint density at radius 2 is 1.93 bits per heavy atom. The van der Waals surface area contributed by atoms with Crippen molar-refractivity contribution in [3.63, 3.8) is 0 Å². The van der Waals surface area contributed by atoms with E-state index in [0.717, 1.165) is 0 Å². The van der Waals surface area contributed by atoms with Crippen molar-refractivity contribution in [1.29, 1.82) is 0 Å². The molecule has 2 aromatic rings. The molecule has 0 fully saturated rings. The maximum absolute atomic E-state index is 12.5. The lowest BCUT2D eigenvalue weighted by Gasteiger charge is -2.20. The number of nitro benzene ring substituents is 1. The predicted octanol–water partition coefficient (Wildman–Crippen LogP) is 4.49. The number of anilines is 1. The number of benzene rings is 1. The van der Waals surface area contributed by atoms with Crippen molar-refractivity contribution in [3.05, 3.63) is 51.7 Å². The van der Waals surface area contributed by atoms with Gasteiger partial charge in [0.2, 0.25) is 0 Å². The van der Waals surface area contributed by atoms with Gasteiger partial charge >= 0.3 is 12.1 Å². The van der Waals surface area contributed by atoms with E-state index >= 15 is 0 Å². The highest BCUT2D eigenvalue weighted by molar-refractivity contribution is 5.99. The molecular weight excluding hydrogens is 378 g/mol. The minimum Gasteiger partial charge on any atom is -0.462 e. The van der Waals surface area contributed by atoms with E-state index in [2.05, 4.69) is 10.3 Å². The molecule has 0 unspecified atom stereocenters.